The molecule has 19 heavy (non-hydrogen) atoms. The van der Waals surface area contributed by atoms with Crippen LogP contribution in [0.15, 0.2) is 12.5 Å². The Morgan fingerprint density at radius 3 is 2.58 bits per heavy atom. The van der Waals surface area contributed by atoms with Crippen LogP contribution in [0.4, 0.5) is 4.79 Å². The van der Waals surface area contributed by atoms with E-state index in [0.717, 1.165) is 5.69 Å². The maximum atomic E-state index is 11.7. The van der Waals surface area contributed by atoms with Gasteiger partial charge in [0, 0.05) is 25.0 Å². The van der Waals surface area contributed by atoms with E-state index in [2.05, 4.69) is 20.6 Å². The van der Waals surface area contributed by atoms with Gasteiger partial charge in [-0.15, -0.1) is 0 Å². The molecule has 6 nitrogen and oxygen atoms in total. The second-order valence-corrected chi connectivity index (χ2v) is 6.19. The van der Waals surface area contributed by atoms with Crippen molar-refractivity contribution in [2.24, 2.45) is 0 Å². The fraction of sp³-hybridized carbons (Fsp3) is 0.692. The molecule has 0 aliphatic rings. The Morgan fingerprint density at radius 2 is 2.05 bits per heavy atom. The summed E-state index contributed by atoms with van der Waals surface area (Å²) in [6, 6.07) is 0. The van der Waals surface area contributed by atoms with Crippen molar-refractivity contribution in [2.75, 3.05) is 6.54 Å². The maximum absolute atomic E-state index is 11.7. The molecule has 3 N–H and O–H groups in total. The summed E-state index contributed by atoms with van der Waals surface area (Å²) in [6.45, 7) is 10.7. The molecule has 0 bridgehead atoms. The normalized spacial score (nSPS) is 12.3. The number of imidazole rings is 1. The number of amides is 1. The maximum Gasteiger partial charge on any atom is 0.408 e. The number of rotatable bonds is 5. The molecule has 0 unspecified atom stereocenters. The molecule has 0 aliphatic carbocycles. The minimum atomic E-state index is -0.483. The molecule has 0 fully saturated rings. The number of aromatic amines is 1. The van der Waals surface area contributed by atoms with Crippen LogP contribution >= 0.6 is 0 Å². The molecule has 1 heterocycles. The summed E-state index contributed by atoms with van der Waals surface area (Å²) in [5, 5.41) is 6.10. The predicted octanol–water partition coefficient (Wildman–Crippen LogP) is 1.80. The van der Waals surface area contributed by atoms with Crippen LogP contribution in [0.3, 0.4) is 0 Å². The van der Waals surface area contributed by atoms with Crippen molar-refractivity contribution in [1.82, 2.24) is 20.6 Å². The predicted molar refractivity (Wildman–Crippen MR) is 73.7 cm³/mol. The van der Waals surface area contributed by atoms with E-state index in [9.17, 15) is 4.79 Å². The molecular formula is C13H24N4O2. The quantitative estimate of drug-likeness (QED) is 0.761. The van der Waals surface area contributed by atoms with Crippen LogP contribution in [0, 0.1) is 0 Å². The van der Waals surface area contributed by atoms with E-state index in [-0.39, 0.29) is 5.54 Å². The van der Waals surface area contributed by atoms with Gasteiger partial charge in [-0.3, -0.25) is 0 Å². The Kier molecular flexibility index (Phi) is 4.94. The van der Waals surface area contributed by atoms with E-state index in [1.807, 2.05) is 34.6 Å². The van der Waals surface area contributed by atoms with E-state index in [0.29, 0.717) is 13.1 Å². The summed E-state index contributed by atoms with van der Waals surface area (Å²) in [5.74, 6) is 0. The molecule has 0 atom stereocenters. The number of nitrogens with one attached hydrogen (secondary N) is 3. The standard InChI is InChI=1S/C13H24N4O2/c1-12(2,3)19-11(18)17-13(4,5)8-14-6-10-7-15-9-16-10/h7,9,14H,6,8H2,1-5H3,(H,15,16)(H,17,18). The van der Waals surface area contributed by atoms with Gasteiger partial charge in [-0.25, -0.2) is 9.78 Å². The number of aromatic nitrogens is 2. The molecular weight excluding hydrogens is 244 g/mol. The van der Waals surface area contributed by atoms with Crippen molar-refractivity contribution in [3.63, 3.8) is 0 Å². The first-order valence-corrected chi connectivity index (χ1v) is 6.37. The highest BCUT2D eigenvalue weighted by atomic mass is 16.6. The first kappa shape index (κ1) is 15.5. The Hall–Kier alpha value is -1.56. The summed E-state index contributed by atoms with van der Waals surface area (Å²) >= 11 is 0. The Balaban J connectivity index is 2.32. The summed E-state index contributed by atoms with van der Waals surface area (Å²) in [4.78, 5) is 18.6. The van der Waals surface area contributed by atoms with Gasteiger partial charge < -0.3 is 20.4 Å². The molecule has 1 rings (SSSR count). The van der Waals surface area contributed by atoms with Crippen LogP contribution in [0.25, 0.3) is 0 Å². The van der Waals surface area contributed by atoms with Crippen molar-refractivity contribution in [2.45, 2.75) is 52.3 Å². The van der Waals surface area contributed by atoms with Gasteiger partial charge in [0.15, 0.2) is 0 Å². The number of H-pyrrole nitrogens is 1. The molecule has 0 spiro atoms. The van der Waals surface area contributed by atoms with Crippen LogP contribution in [-0.4, -0.2) is 33.7 Å². The fourth-order valence-corrected chi connectivity index (χ4v) is 1.52. The summed E-state index contributed by atoms with van der Waals surface area (Å²) < 4.78 is 5.23. The summed E-state index contributed by atoms with van der Waals surface area (Å²) in [6.07, 6.45) is 3.00. The van der Waals surface area contributed by atoms with Gasteiger partial charge in [0.2, 0.25) is 0 Å². The van der Waals surface area contributed by atoms with Crippen LogP contribution < -0.4 is 10.6 Å². The number of ether oxygens (including phenoxy) is 1. The number of nitrogens with zero attached hydrogens (tertiary/aromatic N) is 1. The van der Waals surface area contributed by atoms with Crippen molar-refractivity contribution in [3.05, 3.63) is 18.2 Å². The van der Waals surface area contributed by atoms with Gasteiger partial charge in [-0.2, -0.15) is 0 Å². The van der Waals surface area contributed by atoms with Crippen molar-refractivity contribution >= 4 is 6.09 Å². The molecule has 108 valence electrons. The van der Waals surface area contributed by atoms with Crippen molar-refractivity contribution < 1.29 is 9.53 Å². The number of carbonyl (C=O) groups is 1. The van der Waals surface area contributed by atoms with Crippen LogP contribution in [0.1, 0.15) is 40.3 Å². The second-order valence-electron chi connectivity index (χ2n) is 6.19. The minimum absolute atomic E-state index is 0.387. The zero-order valence-corrected chi connectivity index (χ0v) is 12.3. The molecule has 1 aromatic rings. The molecule has 6 heteroatoms. The van der Waals surface area contributed by atoms with Gasteiger partial charge in [-0.1, -0.05) is 0 Å². The molecule has 0 saturated heterocycles. The molecule has 0 aromatic carbocycles. The average Bonchev–Trinajstić information content (AvgIpc) is 2.65. The lowest BCUT2D eigenvalue weighted by molar-refractivity contribution is 0.0472. The molecule has 1 aromatic heterocycles. The van der Waals surface area contributed by atoms with E-state index in [1.54, 1.807) is 12.5 Å². The highest BCUT2D eigenvalue weighted by Gasteiger charge is 2.24. The van der Waals surface area contributed by atoms with E-state index in [1.165, 1.54) is 0 Å². The van der Waals surface area contributed by atoms with E-state index < -0.39 is 11.7 Å². The van der Waals surface area contributed by atoms with Gasteiger partial charge in [-0.05, 0) is 34.6 Å². The van der Waals surface area contributed by atoms with Crippen LogP contribution in [0.5, 0.6) is 0 Å². The van der Waals surface area contributed by atoms with Crippen LogP contribution in [0.2, 0.25) is 0 Å². The van der Waals surface area contributed by atoms with Gasteiger partial charge in [0.1, 0.15) is 5.60 Å². The first-order valence-electron chi connectivity index (χ1n) is 6.37. The van der Waals surface area contributed by atoms with Gasteiger partial charge in [0.25, 0.3) is 0 Å². The second kappa shape index (κ2) is 6.06. The first-order chi connectivity index (χ1) is 8.68. The van der Waals surface area contributed by atoms with E-state index >= 15 is 0 Å². The zero-order chi connectivity index (χ0) is 14.5. The van der Waals surface area contributed by atoms with Crippen LogP contribution in [-0.2, 0) is 11.3 Å². The third-order valence-corrected chi connectivity index (χ3v) is 2.28. The SMILES string of the molecule is CC(C)(CNCc1cnc[nH]1)NC(=O)OC(C)(C)C. The zero-order valence-electron chi connectivity index (χ0n) is 12.3. The Labute approximate surface area is 114 Å². The third-order valence-electron chi connectivity index (χ3n) is 2.28. The van der Waals surface area contributed by atoms with Crippen molar-refractivity contribution in [3.8, 4) is 0 Å². The largest absolute Gasteiger partial charge is 0.444 e. The lowest BCUT2D eigenvalue weighted by Crippen LogP contribution is -2.51. The molecule has 0 radical (unpaired) electrons. The smallest absolute Gasteiger partial charge is 0.408 e. The molecule has 0 saturated carbocycles. The molecule has 0 aliphatic heterocycles. The van der Waals surface area contributed by atoms with Crippen molar-refractivity contribution in [1.29, 1.82) is 0 Å². The number of alkyl carbamates (subject to hydrolysis) is 1. The third kappa shape index (κ3) is 6.81. The summed E-state index contributed by atoms with van der Waals surface area (Å²) in [7, 11) is 0. The fourth-order valence-electron chi connectivity index (χ4n) is 1.52. The lowest BCUT2D eigenvalue weighted by Gasteiger charge is -2.28. The Morgan fingerprint density at radius 1 is 1.37 bits per heavy atom. The lowest BCUT2D eigenvalue weighted by atomic mass is 10.1. The van der Waals surface area contributed by atoms with Gasteiger partial charge >= 0.3 is 6.09 Å². The monoisotopic (exact) mass is 268 g/mol. The number of hydrogen-bond acceptors (Lipinski definition) is 4. The van der Waals surface area contributed by atoms with Gasteiger partial charge in [0.05, 0.1) is 11.9 Å². The summed E-state index contributed by atoms with van der Waals surface area (Å²) in [5.41, 5.74) is 0.138. The highest BCUT2D eigenvalue weighted by molar-refractivity contribution is 5.68. The molecule has 1 amide bonds. The van der Waals surface area contributed by atoms with E-state index in [4.69, 9.17) is 4.74 Å². The average molecular weight is 268 g/mol. The minimum Gasteiger partial charge on any atom is -0.444 e. The topological polar surface area (TPSA) is 79.0 Å². The highest BCUT2D eigenvalue weighted by Crippen LogP contribution is 2.09. The number of hydrogen-bond donors (Lipinski definition) is 3. The number of carbonyl (C=O) groups excluding carboxylic acids is 1. The Bertz CT molecular complexity index is 393.